The van der Waals surface area contributed by atoms with Crippen molar-refractivity contribution < 1.29 is 23.1 Å². The van der Waals surface area contributed by atoms with Crippen LogP contribution in [0.5, 0.6) is 0 Å². The number of rotatable bonds is 8. The first kappa shape index (κ1) is 17.1. The molecule has 0 atom stereocenters. The van der Waals surface area contributed by atoms with Gasteiger partial charge in [0.2, 0.25) is 10.0 Å². The third-order valence-electron chi connectivity index (χ3n) is 2.73. The molecule has 0 saturated carbocycles. The molecule has 114 valence electrons. The minimum Gasteiger partial charge on any atom is -0.465 e. The molecule has 0 aliphatic heterocycles. The van der Waals surface area contributed by atoms with Crippen molar-refractivity contribution in [3.05, 3.63) is 16.3 Å². The Morgan fingerprint density at radius 3 is 2.70 bits per heavy atom. The maximum Gasteiger partial charge on any atom is 0.349 e. The van der Waals surface area contributed by atoms with Crippen LogP contribution < -0.4 is 0 Å². The van der Waals surface area contributed by atoms with Crippen molar-refractivity contribution in [1.29, 1.82) is 0 Å². The quantitative estimate of drug-likeness (QED) is 0.730. The number of carbonyl (C=O) groups is 1. The van der Waals surface area contributed by atoms with E-state index in [1.54, 1.807) is 0 Å². The van der Waals surface area contributed by atoms with Gasteiger partial charge in [0, 0.05) is 13.1 Å². The van der Waals surface area contributed by atoms with Crippen LogP contribution in [0.2, 0.25) is 0 Å². The number of hydrogen-bond donors (Lipinski definition) is 1. The molecule has 0 amide bonds. The summed E-state index contributed by atoms with van der Waals surface area (Å²) in [5, 5.41) is 10.6. The van der Waals surface area contributed by atoms with Crippen molar-refractivity contribution in [1.82, 2.24) is 4.31 Å². The van der Waals surface area contributed by atoms with Crippen LogP contribution in [0.15, 0.2) is 16.3 Å². The highest BCUT2D eigenvalue weighted by Crippen LogP contribution is 2.26. The number of ether oxygens (including phenoxy) is 1. The van der Waals surface area contributed by atoms with Crippen molar-refractivity contribution >= 4 is 27.3 Å². The molecule has 6 nitrogen and oxygen atoms in total. The van der Waals surface area contributed by atoms with Gasteiger partial charge in [-0.15, -0.1) is 11.3 Å². The summed E-state index contributed by atoms with van der Waals surface area (Å²) in [5.41, 5.74) is 0. The fourth-order valence-corrected chi connectivity index (χ4v) is 4.46. The summed E-state index contributed by atoms with van der Waals surface area (Å²) in [6.45, 7) is 2.02. The molecule has 20 heavy (non-hydrogen) atoms. The molecule has 0 bridgehead atoms. The van der Waals surface area contributed by atoms with E-state index in [1.807, 2.05) is 6.92 Å². The van der Waals surface area contributed by atoms with Gasteiger partial charge in [-0.25, -0.2) is 13.2 Å². The van der Waals surface area contributed by atoms with E-state index >= 15 is 0 Å². The van der Waals surface area contributed by atoms with Gasteiger partial charge in [0.25, 0.3) is 0 Å². The molecule has 1 aromatic heterocycles. The molecule has 1 rings (SSSR count). The lowest BCUT2D eigenvalue weighted by molar-refractivity contribution is 0.0602. The van der Waals surface area contributed by atoms with Crippen LogP contribution in [0.3, 0.4) is 0 Å². The maximum absolute atomic E-state index is 12.5. The average Bonchev–Trinajstić information content (AvgIpc) is 2.92. The maximum atomic E-state index is 12.5. The topological polar surface area (TPSA) is 83.9 Å². The molecule has 0 saturated heterocycles. The standard InChI is InChI=1S/C12H19NO5S2/c1-3-4-6-13(7-8-14)20(16,17)10-5-9-19-11(10)12(15)18-2/h5,9,14H,3-4,6-8H2,1-2H3. The second-order valence-corrected chi connectivity index (χ2v) is 6.91. The molecule has 1 aromatic rings. The Kier molecular flexibility index (Phi) is 6.60. The number of carbonyl (C=O) groups excluding carboxylic acids is 1. The molecule has 0 fully saturated rings. The number of esters is 1. The first-order valence-corrected chi connectivity index (χ1v) is 8.57. The van der Waals surface area contributed by atoms with Crippen molar-refractivity contribution in [2.75, 3.05) is 26.8 Å². The molecular weight excluding hydrogens is 302 g/mol. The molecular formula is C12H19NO5S2. The lowest BCUT2D eigenvalue weighted by Gasteiger charge is -2.20. The zero-order chi connectivity index (χ0) is 15.2. The molecule has 0 aromatic carbocycles. The van der Waals surface area contributed by atoms with Crippen molar-refractivity contribution in [3.8, 4) is 0 Å². The van der Waals surface area contributed by atoms with Gasteiger partial charge in [-0.05, 0) is 17.9 Å². The fourth-order valence-electron chi connectivity index (χ4n) is 1.68. The van der Waals surface area contributed by atoms with Crippen LogP contribution in [0.25, 0.3) is 0 Å². The van der Waals surface area contributed by atoms with E-state index in [-0.39, 0.29) is 22.9 Å². The molecule has 0 aliphatic rings. The van der Waals surface area contributed by atoms with Gasteiger partial charge in [-0.1, -0.05) is 13.3 Å². The second-order valence-electron chi connectivity index (χ2n) is 4.09. The van der Waals surface area contributed by atoms with Crippen molar-refractivity contribution in [2.45, 2.75) is 24.7 Å². The smallest absolute Gasteiger partial charge is 0.349 e. The van der Waals surface area contributed by atoms with E-state index in [0.29, 0.717) is 13.0 Å². The minimum absolute atomic E-state index is 0.0127. The van der Waals surface area contributed by atoms with E-state index in [0.717, 1.165) is 17.8 Å². The Balaban J connectivity index is 3.13. The zero-order valence-electron chi connectivity index (χ0n) is 11.5. The van der Waals surface area contributed by atoms with Crippen LogP contribution >= 0.6 is 11.3 Å². The Bertz CT molecular complexity index is 538. The molecule has 1 heterocycles. The minimum atomic E-state index is -3.79. The van der Waals surface area contributed by atoms with Gasteiger partial charge < -0.3 is 9.84 Å². The molecule has 0 aliphatic carbocycles. The van der Waals surface area contributed by atoms with Gasteiger partial charge in [-0.2, -0.15) is 4.31 Å². The SMILES string of the molecule is CCCCN(CCO)S(=O)(=O)c1ccsc1C(=O)OC. The number of methoxy groups -OCH3 is 1. The van der Waals surface area contributed by atoms with Crippen molar-refractivity contribution in [2.24, 2.45) is 0 Å². The Morgan fingerprint density at radius 1 is 1.45 bits per heavy atom. The molecule has 0 unspecified atom stereocenters. The predicted octanol–water partition coefficient (Wildman–Crippen LogP) is 1.32. The largest absolute Gasteiger partial charge is 0.465 e. The summed E-state index contributed by atoms with van der Waals surface area (Å²) in [7, 11) is -2.59. The number of thiophene rings is 1. The van der Waals surface area contributed by atoms with Gasteiger partial charge in [-0.3, -0.25) is 0 Å². The monoisotopic (exact) mass is 321 g/mol. The molecule has 0 spiro atoms. The zero-order valence-corrected chi connectivity index (χ0v) is 13.2. The first-order chi connectivity index (χ1) is 9.48. The lowest BCUT2D eigenvalue weighted by Crippen LogP contribution is -2.35. The summed E-state index contributed by atoms with van der Waals surface area (Å²) < 4.78 is 30.9. The normalized spacial score (nSPS) is 11.8. The summed E-state index contributed by atoms with van der Waals surface area (Å²) in [4.78, 5) is 11.6. The molecule has 1 N–H and O–H groups in total. The van der Waals surface area contributed by atoms with Crippen LogP contribution in [-0.2, 0) is 14.8 Å². The third kappa shape index (κ3) is 3.78. The van der Waals surface area contributed by atoms with Gasteiger partial charge in [0.1, 0.15) is 9.77 Å². The van der Waals surface area contributed by atoms with Gasteiger partial charge in [0.05, 0.1) is 13.7 Å². The van der Waals surface area contributed by atoms with E-state index in [4.69, 9.17) is 5.11 Å². The van der Waals surface area contributed by atoms with Crippen LogP contribution in [0.4, 0.5) is 0 Å². The fraction of sp³-hybridized carbons (Fsp3) is 0.583. The van der Waals surface area contributed by atoms with Crippen LogP contribution in [0.1, 0.15) is 29.4 Å². The first-order valence-electron chi connectivity index (χ1n) is 6.25. The summed E-state index contributed by atoms with van der Waals surface area (Å²) in [5.74, 6) is -0.669. The van der Waals surface area contributed by atoms with Gasteiger partial charge in [0.15, 0.2) is 0 Å². The number of unbranched alkanes of at least 4 members (excludes halogenated alkanes) is 1. The number of hydrogen-bond acceptors (Lipinski definition) is 6. The summed E-state index contributed by atoms with van der Waals surface area (Å²) in [6.07, 6.45) is 1.53. The summed E-state index contributed by atoms with van der Waals surface area (Å²) >= 11 is 1.03. The predicted molar refractivity (Wildman–Crippen MR) is 76.4 cm³/mol. The average molecular weight is 321 g/mol. The molecule has 8 heteroatoms. The summed E-state index contributed by atoms with van der Waals surface area (Å²) in [6, 6.07) is 1.39. The van der Waals surface area contributed by atoms with Crippen LogP contribution in [0, 0.1) is 0 Å². The van der Waals surface area contributed by atoms with E-state index in [9.17, 15) is 13.2 Å². The highest BCUT2D eigenvalue weighted by molar-refractivity contribution is 7.89. The van der Waals surface area contributed by atoms with Crippen LogP contribution in [-0.4, -0.2) is 50.6 Å². The number of sulfonamides is 1. The third-order valence-corrected chi connectivity index (χ3v) is 5.69. The Morgan fingerprint density at radius 2 is 2.15 bits per heavy atom. The highest BCUT2D eigenvalue weighted by Gasteiger charge is 2.29. The number of nitrogens with zero attached hydrogens (tertiary/aromatic N) is 1. The van der Waals surface area contributed by atoms with E-state index in [1.165, 1.54) is 22.9 Å². The highest BCUT2D eigenvalue weighted by atomic mass is 32.2. The lowest BCUT2D eigenvalue weighted by atomic mass is 10.3. The van der Waals surface area contributed by atoms with E-state index < -0.39 is 16.0 Å². The molecule has 0 radical (unpaired) electrons. The van der Waals surface area contributed by atoms with Gasteiger partial charge >= 0.3 is 5.97 Å². The Labute approximate surface area is 123 Å². The van der Waals surface area contributed by atoms with Crippen molar-refractivity contribution in [3.63, 3.8) is 0 Å². The number of aliphatic hydroxyl groups is 1. The van der Waals surface area contributed by atoms with E-state index in [2.05, 4.69) is 4.74 Å². The second kappa shape index (κ2) is 7.72. The number of aliphatic hydroxyl groups excluding tert-OH is 1. The Hall–Kier alpha value is -0.960.